The molecule has 0 radical (unpaired) electrons. The van der Waals surface area contributed by atoms with Gasteiger partial charge in [-0.05, 0) is 6.92 Å². The molecular weight excluding hydrogens is 164 g/mol. The van der Waals surface area contributed by atoms with Crippen LogP contribution in [0.1, 0.15) is 5.69 Å². The summed E-state index contributed by atoms with van der Waals surface area (Å²) in [5, 5.41) is 0. The first kappa shape index (κ1) is 7.79. The molecule has 4 nitrogen and oxygen atoms in total. The van der Waals surface area contributed by atoms with E-state index in [2.05, 4.69) is 19.9 Å². The Kier molecular flexibility index (Phi) is 1.96. The minimum atomic E-state index is 0.749. The van der Waals surface area contributed by atoms with Crippen molar-refractivity contribution in [3.8, 4) is 11.4 Å². The van der Waals surface area contributed by atoms with Gasteiger partial charge in [-0.1, -0.05) is 0 Å². The number of rotatable bonds is 1. The fourth-order valence-electron chi connectivity index (χ4n) is 1.02. The molecule has 4 heteroatoms. The van der Waals surface area contributed by atoms with Crippen molar-refractivity contribution < 1.29 is 0 Å². The Hall–Kier alpha value is -1.84. The summed E-state index contributed by atoms with van der Waals surface area (Å²) >= 11 is 0. The van der Waals surface area contributed by atoms with Crippen LogP contribution in [0.25, 0.3) is 11.4 Å². The number of hydrogen-bond acceptors (Lipinski definition) is 4. The topological polar surface area (TPSA) is 51.6 Å². The van der Waals surface area contributed by atoms with Gasteiger partial charge in [-0.3, -0.25) is 15.0 Å². The molecule has 0 spiro atoms. The number of nitrogens with zero attached hydrogens (tertiary/aromatic N) is 4. The lowest BCUT2D eigenvalue weighted by Gasteiger charge is -1.98. The van der Waals surface area contributed by atoms with Crippen molar-refractivity contribution in [2.75, 3.05) is 0 Å². The molecule has 2 heterocycles. The van der Waals surface area contributed by atoms with Crippen molar-refractivity contribution in [2.45, 2.75) is 6.92 Å². The third-order valence-corrected chi connectivity index (χ3v) is 1.58. The minimum absolute atomic E-state index is 0.749. The fraction of sp³-hybridized carbons (Fsp3) is 0.111. The summed E-state index contributed by atoms with van der Waals surface area (Å²) in [6, 6.07) is 0. The van der Waals surface area contributed by atoms with Crippen LogP contribution in [0.3, 0.4) is 0 Å². The molecule has 2 rings (SSSR count). The second-order valence-electron chi connectivity index (χ2n) is 2.64. The third-order valence-electron chi connectivity index (χ3n) is 1.58. The van der Waals surface area contributed by atoms with E-state index in [0.717, 1.165) is 17.1 Å². The monoisotopic (exact) mass is 172 g/mol. The van der Waals surface area contributed by atoms with Crippen LogP contribution in [0, 0.1) is 6.92 Å². The molecule has 0 aliphatic carbocycles. The first-order chi connectivity index (χ1) is 6.36. The van der Waals surface area contributed by atoms with Crippen molar-refractivity contribution in [3.05, 3.63) is 36.7 Å². The summed E-state index contributed by atoms with van der Waals surface area (Å²) in [5.74, 6) is 0. The van der Waals surface area contributed by atoms with E-state index in [0.29, 0.717) is 0 Å². The molecule has 0 bridgehead atoms. The van der Waals surface area contributed by atoms with E-state index in [1.165, 1.54) is 0 Å². The Morgan fingerprint density at radius 2 is 1.77 bits per heavy atom. The highest BCUT2D eigenvalue weighted by atomic mass is 14.8. The van der Waals surface area contributed by atoms with Gasteiger partial charge in [-0.25, -0.2) is 4.98 Å². The standard InChI is InChI=1S/C9H8N4/c1-7-4-11-6-9(13-7)8-5-10-2-3-12-8/h2-6H,1H3. The van der Waals surface area contributed by atoms with Crippen LogP contribution in [0.4, 0.5) is 0 Å². The highest BCUT2D eigenvalue weighted by Gasteiger charge is 1.99. The van der Waals surface area contributed by atoms with Gasteiger partial charge in [0.05, 0.1) is 18.1 Å². The Morgan fingerprint density at radius 1 is 0.923 bits per heavy atom. The van der Waals surface area contributed by atoms with E-state index in [9.17, 15) is 0 Å². The van der Waals surface area contributed by atoms with E-state index in [1.807, 2.05) is 6.92 Å². The zero-order chi connectivity index (χ0) is 9.10. The molecule has 0 saturated heterocycles. The summed E-state index contributed by atoms with van der Waals surface area (Å²) in [4.78, 5) is 16.4. The zero-order valence-electron chi connectivity index (χ0n) is 7.18. The fourth-order valence-corrected chi connectivity index (χ4v) is 1.02. The summed E-state index contributed by atoms with van der Waals surface area (Å²) < 4.78 is 0. The average Bonchev–Trinajstić information content (AvgIpc) is 2.19. The van der Waals surface area contributed by atoms with E-state index >= 15 is 0 Å². The molecule has 0 N–H and O–H groups in total. The van der Waals surface area contributed by atoms with Gasteiger partial charge in [-0.15, -0.1) is 0 Å². The molecule has 0 aliphatic rings. The maximum Gasteiger partial charge on any atom is 0.109 e. The molecule has 0 saturated carbocycles. The van der Waals surface area contributed by atoms with Crippen LogP contribution in [0.5, 0.6) is 0 Å². The van der Waals surface area contributed by atoms with Crippen molar-refractivity contribution >= 4 is 0 Å². The van der Waals surface area contributed by atoms with Gasteiger partial charge in [0.1, 0.15) is 11.4 Å². The Bertz CT molecular complexity index is 399. The first-order valence-corrected chi connectivity index (χ1v) is 3.91. The van der Waals surface area contributed by atoms with Crippen LogP contribution >= 0.6 is 0 Å². The van der Waals surface area contributed by atoms with Gasteiger partial charge < -0.3 is 0 Å². The number of aromatic nitrogens is 4. The van der Waals surface area contributed by atoms with Crippen LogP contribution in [0.2, 0.25) is 0 Å². The van der Waals surface area contributed by atoms with E-state index < -0.39 is 0 Å². The van der Waals surface area contributed by atoms with Crippen molar-refractivity contribution in [2.24, 2.45) is 0 Å². The van der Waals surface area contributed by atoms with Crippen LogP contribution in [-0.4, -0.2) is 19.9 Å². The van der Waals surface area contributed by atoms with Gasteiger partial charge in [0.2, 0.25) is 0 Å². The molecule has 2 aromatic rings. The highest BCUT2D eigenvalue weighted by Crippen LogP contribution is 2.10. The number of hydrogen-bond donors (Lipinski definition) is 0. The highest BCUT2D eigenvalue weighted by molar-refractivity contribution is 5.50. The molecule has 13 heavy (non-hydrogen) atoms. The van der Waals surface area contributed by atoms with Gasteiger partial charge in [0, 0.05) is 18.6 Å². The van der Waals surface area contributed by atoms with Crippen LogP contribution < -0.4 is 0 Å². The van der Waals surface area contributed by atoms with Gasteiger partial charge >= 0.3 is 0 Å². The normalized spacial score (nSPS) is 9.92. The third kappa shape index (κ3) is 1.66. The Labute approximate surface area is 75.7 Å². The maximum absolute atomic E-state index is 4.28. The van der Waals surface area contributed by atoms with Crippen molar-refractivity contribution in [1.29, 1.82) is 0 Å². The molecule has 0 aliphatic heterocycles. The van der Waals surface area contributed by atoms with Crippen LogP contribution in [-0.2, 0) is 0 Å². The molecule has 0 amide bonds. The summed E-state index contributed by atoms with van der Waals surface area (Å²) in [5.41, 5.74) is 2.38. The van der Waals surface area contributed by atoms with Gasteiger partial charge in [0.15, 0.2) is 0 Å². The lowest BCUT2D eigenvalue weighted by molar-refractivity contribution is 1.09. The molecule has 0 fully saturated rings. The van der Waals surface area contributed by atoms with E-state index in [1.54, 1.807) is 31.0 Å². The second kappa shape index (κ2) is 3.26. The van der Waals surface area contributed by atoms with E-state index in [-0.39, 0.29) is 0 Å². The zero-order valence-corrected chi connectivity index (χ0v) is 7.18. The Balaban J connectivity index is 2.48. The SMILES string of the molecule is Cc1cncc(-c2cnccn2)n1. The molecule has 64 valence electrons. The smallest absolute Gasteiger partial charge is 0.109 e. The van der Waals surface area contributed by atoms with Crippen molar-refractivity contribution in [1.82, 2.24) is 19.9 Å². The first-order valence-electron chi connectivity index (χ1n) is 3.91. The number of aryl methyl sites for hydroxylation is 1. The van der Waals surface area contributed by atoms with Gasteiger partial charge in [-0.2, -0.15) is 0 Å². The van der Waals surface area contributed by atoms with E-state index in [4.69, 9.17) is 0 Å². The van der Waals surface area contributed by atoms with Gasteiger partial charge in [0.25, 0.3) is 0 Å². The Morgan fingerprint density at radius 3 is 2.46 bits per heavy atom. The largest absolute Gasteiger partial charge is 0.261 e. The maximum atomic E-state index is 4.28. The molecule has 0 atom stereocenters. The summed E-state index contributed by atoms with van der Waals surface area (Å²) in [6.07, 6.45) is 8.33. The summed E-state index contributed by atoms with van der Waals surface area (Å²) in [6.45, 7) is 1.90. The minimum Gasteiger partial charge on any atom is -0.261 e. The predicted octanol–water partition coefficient (Wildman–Crippen LogP) is 1.24. The van der Waals surface area contributed by atoms with Crippen molar-refractivity contribution in [3.63, 3.8) is 0 Å². The summed E-state index contributed by atoms with van der Waals surface area (Å²) in [7, 11) is 0. The van der Waals surface area contributed by atoms with Crippen LogP contribution in [0.15, 0.2) is 31.0 Å². The lowest BCUT2D eigenvalue weighted by Crippen LogP contribution is -1.91. The quantitative estimate of drug-likeness (QED) is 0.649. The molecule has 0 unspecified atom stereocenters. The lowest BCUT2D eigenvalue weighted by atomic mass is 10.3. The molecule has 2 aromatic heterocycles. The second-order valence-corrected chi connectivity index (χ2v) is 2.64. The molecule has 0 aromatic carbocycles. The molecular formula is C9H8N4. The predicted molar refractivity (Wildman–Crippen MR) is 47.8 cm³/mol. The average molecular weight is 172 g/mol.